The summed E-state index contributed by atoms with van der Waals surface area (Å²) in [5.74, 6) is 0.982. The van der Waals surface area contributed by atoms with E-state index in [1.54, 1.807) is 12.1 Å². The van der Waals surface area contributed by atoms with Gasteiger partial charge in [0, 0.05) is 37.0 Å². The third-order valence-corrected chi connectivity index (χ3v) is 2.68. The molecule has 0 atom stereocenters. The number of rotatable bonds is 5. The van der Waals surface area contributed by atoms with Gasteiger partial charge >= 0.3 is 0 Å². The summed E-state index contributed by atoms with van der Waals surface area (Å²) in [6.45, 7) is 3.23. The van der Waals surface area contributed by atoms with E-state index in [2.05, 4.69) is 10.4 Å². The Kier molecular flexibility index (Phi) is 3.82. The number of hydrogen-bond donors (Lipinski definition) is 1. The number of aromatic nitrogens is 2. The van der Waals surface area contributed by atoms with E-state index in [0.717, 1.165) is 12.4 Å². The number of hydrogen-bond acceptors (Lipinski definition) is 3. The van der Waals surface area contributed by atoms with Crippen molar-refractivity contribution in [3.63, 3.8) is 0 Å². The molecule has 0 unspecified atom stereocenters. The number of anilines is 1. The van der Waals surface area contributed by atoms with Gasteiger partial charge in [-0.1, -0.05) is 6.07 Å². The minimum Gasteiger partial charge on any atom is -0.497 e. The van der Waals surface area contributed by atoms with Gasteiger partial charge in [0.1, 0.15) is 17.4 Å². The maximum absolute atomic E-state index is 13.7. The van der Waals surface area contributed by atoms with E-state index in [9.17, 15) is 4.39 Å². The Bertz CT molecular complexity index is 525. The quantitative estimate of drug-likeness (QED) is 0.885. The van der Waals surface area contributed by atoms with Crippen LogP contribution < -0.4 is 10.1 Å². The van der Waals surface area contributed by atoms with Gasteiger partial charge in [-0.2, -0.15) is 5.10 Å². The van der Waals surface area contributed by atoms with Crippen LogP contribution in [0.4, 0.5) is 10.2 Å². The van der Waals surface area contributed by atoms with Gasteiger partial charge in [-0.15, -0.1) is 0 Å². The molecular weight excluding hydrogens is 233 g/mol. The average Bonchev–Trinajstić information content (AvgIpc) is 2.85. The second-order valence-electron chi connectivity index (χ2n) is 3.87. The number of nitrogens with one attached hydrogen (secondary N) is 1. The van der Waals surface area contributed by atoms with Crippen molar-refractivity contribution in [1.29, 1.82) is 0 Å². The van der Waals surface area contributed by atoms with Crippen LogP contribution in [0.15, 0.2) is 30.5 Å². The van der Waals surface area contributed by atoms with Crippen LogP contribution in [0.1, 0.15) is 12.5 Å². The number of halogens is 1. The van der Waals surface area contributed by atoms with Crippen molar-refractivity contribution < 1.29 is 9.13 Å². The van der Waals surface area contributed by atoms with Crippen LogP contribution in [0.3, 0.4) is 0 Å². The first kappa shape index (κ1) is 12.4. The Morgan fingerprint density at radius 2 is 2.22 bits per heavy atom. The van der Waals surface area contributed by atoms with Gasteiger partial charge < -0.3 is 10.1 Å². The summed E-state index contributed by atoms with van der Waals surface area (Å²) in [7, 11) is 1.52. The molecule has 0 amide bonds. The van der Waals surface area contributed by atoms with Crippen molar-refractivity contribution in [1.82, 2.24) is 9.78 Å². The van der Waals surface area contributed by atoms with Crippen LogP contribution in [0.5, 0.6) is 5.75 Å². The second kappa shape index (κ2) is 5.53. The first-order valence-electron chi connectivity index (χ1n) is 5.82. The van der Waals surface area contributed by atoms with E-state index >= 15 is 0 Å². The van der Waals surface area contributed by atoms with Crippen LogP contribution in [-0.2, 0) is 13.1 Å². The van der Waals surface area contributed by atoms with Crippen molar-refractivity contribution >= 4 is 5.82 Å². The lowest BCUT2D eigenvalue weighted by Crippen LogP contribution is -2.03. The molecule has 1 aromatic carbocycles. The summed E-state index contributed by atoms with van der Waals surface area (Å²) in [4.78, 5) is 0. The molecule has 1 heterocycles. The fraction of sp³-hybridized carbons (Fsp3) is 0.308. The van der Waals surface area contributed by atoms with Crippen molar-refractivity contribution in [2.24, 2.45) is 0 Å². The number of methoxy groups -OCH3 is 1. The van der Waals surface area contributed by atoms with E-state index in [0.29, 0.717) is 17.9 Å². The fourth-order valence-electron chi connectivity index (χ4n) is 1.62. The molecule has 0 saturated carbocycles. The summed E-state index contributed by atoms with van der Waals surface area (Å²) in [6.07, 6.45) is 1.88. The SMILES string of the molecule is CCn1ccc(NCc2ccc(OC)cc2F)n1. The minimum atomic E-state index is -0.281. The standard InChI is InChI=1S/C13H16FN3O/c1-3-17-7-6-13(16-17)15-9-10-4-5-11(18-2)8-12(10)14/h4-8H,3,9H2,1-2H3,(H,15,16). The lowest BCUT2D eigenvalue weighted by molar-refractivity contribution is 0.411. The molecule has 0 aliphatic carbocycles. The smallest absolute Gasteiger partial charge is 0.148 e. The van der Waals surface area contributed by atoms with Crippen LogP contribution in [0.25, 0.3) is 0 Å². The maximum atomic E-state index is 13.7. The van der Waals surface area contributed by atoms with Crippen LogP contribution in [-0.4, -0.2) is 16.9 Å². The molecule has 2 aromatic rings. The molecule has 2 rings (SSSR count). The van der Waals surface area contributed by atoms with E-state index in [1.807, 2.05) is 23.9 Å². The first-order valence-corrected chi connectivity index (χ1v) is 5.82. The molecule has 0 saturated heterocycles. The second-order valence-corrected chi connectivity index (χ2v) is 3.87. The highest BCUT2D eigenvalue weighted by Crippen LogP contribution is 2.17. The van der Waals surface area contributed by atoms with Crippen LogP contribution in [0, 0.1) is 5.82 Å². The Balaban J connectivity index is 2.01. The molecule has 0 aliphatic heterocycles. The number of ether oxygens (including phenoxy) is 1. The molecule has 0 aliphatic rings. The molecule has 0 bridgehead atoms. The molecule has 18 heavy (non-hydrogen) atoms. The zero-order valence-corrected chi connectivity index (χ0v) is 10.5. The first-order chi connectivity index (χ1) is 8.72. The number of benzene rings is 1. The summed E-state index contributed by atoms with van der Waals surface area (Å²) < 4.78 is 20.4. The molecular formula is C13H16FN3O. The van der Waals surface area contributed by atoms with Crippen LogP contribution in [0.2, 0.25) is 0 Å². The Morgan fingerprint density at radius 3 is 2.83 bits per heavy atom. The van der Waals surface area contributed by atoms with Gasteiger partial charge in [-0.25, -0.2) is 4.39 Å². The lowest BCUT2D eigenvalue weighted by Gasteiger charge is -2.06. The van der Waals surface area contributed by atoms with Gasteiger partial charge in [0.2, 0.25) is 0 Å². The Hall–Kier alpha value is -2.04. The highest BCUT2D eigenvalue weighted by molar-refractivity contribution is 5.36. The fourth-order valence-corrected chi connectivity index (χ4v) is 1.62. The van der Waals surface area contributed by atoms with Crippen molar-refractivity contribution in [2.45, 2.75) is 20.0 Å². The minimum absolute atomic E-state index is 0.281. The van der Waals surface area contributed by atoms with Gasteiger partial charge in [0.25, 0.3) is 0 Å². The third kappa shape index (κ3) is 2.80. The van der Waals surface area contributed by atoms with E-state index in [-0.39, 0.29) is 5.82 Å². The summed E-state index contributed by atoms with van der Waals surface area (Å²) in [6, 6.07) is 6.69. The molecule has 96 valence electrons. The van der Waals surface area contributed by atoms with Gasteiger partial charge in [0.05, 0.1) is 7.11 Å². The topological polar surface area (TPSA) is 39.1 Å². The van der Waals surface area contributed by atoms with E-state index in [1.165, 1.54) is 13.2 Å². The molecule has 4 nitrogen and oxygen atoms in total. The van der Waals surface area contributed by atoms with E-state index in [4.69, 9.17) is 4.74 Å². The predicted octanol–water partition coefficient (Wildman–Crippen LogP) is 2.66. The summed E-state index contributed by atoms with van der Waals surface area (Å²) in [5, 5.41) is 7.35. The zero-order chi connectivity index (χ0) is 13.0. The van der Waals surface area contributed by atoms with Crippen LogP contribution >= 0.6 is 0 Å². The maximum Gasteiger partial charge on any atom is 0.148 e. The average molecular weight is 249 g/mol. The van der Waals surface area contributed by atoms with Gasteiger partial charge in [-0.05, 0) is 13.0 Å². The largest absolute Gasteiger partial charge is 0.497 e. The zero-order valence-electron chi connectivity index (χ0n) is 10.5. The van der Waals surface area contributed by atoms with Crippen molar-refractivity contribution in [2.75, 3.05) is 12.4 Å². The summed E-state index contributed by atoms with van der Waals surface area (Å²) in [5.41, 5.74) is 0.585. The molecule has 0 spiro atoms. The molecule has 1 aromatic heterocycles. The van der Waals surface area contributed by atoms with Crippen molar-refractivity contribution in [3.05, 3.63) is 41.8 Å². The highest BCUT2D eigenvalue weighted by atomic mass is 19.1. The monoisotopic (exact) mass is 249 g/mol. The van der Waals surface area contributed by atoms with E-state index < -0.39 is 0 Å². The number of aryl methyl sites for hydroxylation is 1. The Morgan fingerprint density at radius 1 is 1.39 bits per heavy atom. The lowest BCUT2D eigenvalue weighted by atomic mass is 10.2. The number of nitrogens with zero attached hydrogens (tertiary/aromatic N) is 2. The van der Waals surface area contributed by atoms with Crippen molar-refractivity contribution in [3.8, 4) is 5.75 Å². The Labute approximate surface area is 105 Å². The molecule has 0 fully saturated rings. The molecule has 1 N–H and O–H groups in total. The molecule has 5 heteroatoms. The normalized spacial score (nSPS) is 10.4. The molecule has 0 radical (unpaired) electrons. The van der Waals surface area contributed by atoms with Gasteiger partial charge in [-0.3, -0.25) is 4.68 Å². The van der Waals surface area contributed by atoms with Gasteiger partial charge in [0.15, 0.2) is 0 Å². The third-order valence-electron chi connectivity index (χ3n) is 2.68. The summed E-state index contributed by atoms with van der Waals surface area (Å²) >= 11 is 0. The highest BCUT2D eigenvalue weighted by Gasteiger charge is 2.04. The predicted molar refractivity (Wildman–Crippen MR) is 68.2 cm³/mol.